The number of nitrogens with zero attached hydrogens (tertiary/aromatic N) is 3. The van der Waals surface area contributed by atoms with Crippen LogP contribution in [-0.4, -0.2) is 22.7 Å². The third kappa shape index (κ3) is 1.49. The van der Waals surface area contributed by atoms with E-state index < -0.39 is 11.5 Å². The zero-order valence-electron chi connectivity index (χ0n) is 6.47. The SMILES string of the molecule is [N-]=[N+]=N[C@@H]1CC[C@](N)(C(=O)O)C1. The molecule has 0 aromatic carbocycles. The van der Waals surface area contributed by atoms with Gasteiger partial charge in [-0.25, -0.2) is 0 Å². The topological polar surface area (TPSA) is 112 Å². The van der Waals surface area contributed by atoms with Gasteiger partial charge in [0, 0.05) is 11.0 Å². The van der Waals surface area contributed by atoms with Gasteiger partial charge in [-0.05, 0) is 24.8 Å². The van der Waals surface area contributed by atoms with Crippen LogP contribution in [0.3, 0.4) is 0 Å². The quantitative estimate of drug-likeness (QED) is 0.360. The van der Waals surface area contributed by atoms with Gasteiger partial charge >= 0.3 is 5.97 Å². The van der Waals surface area contributed by atoms with Crippen molar-refractivity contribution in [1.29, 1.82) is 0 Å². The monoisotopic (exact) mass is 170 g/mol. The van der Waals surface area contributed by atoms with Gasteiger partial charge in [0.1, 0.15) is 5.54 Å². The Hall–Kier alpha value is -1.26. The predicted molar refractivity (Wildman–Crippen MR) is 41.3 cm³/mol. The number of hydrogen-bond donors (Lipinski definition) is 2. The van der Waals surface area contributed by atoms with E-state index in [0.29, 0.717) is 12.8 Å². The van der Waals surface area contributed by atoms with Crippen LogP contribution in [0.2, 0.25) is 0 Å². The second kappa shape index (κ2) is 3.00. The van der Waals surface area contributed by atoms with Crippen LogP contribution >= 0.6 is 0 Å². The number of nitrogens with two attached hydrogens (primary N) is 1. The average Bonchev–Trinajstić information content (AvgIpc) is 2.34. The molecule has 6 nitrogen and oxygen atoms in total. The fourth-order valence-electron chi connectivity index (χ4n) is 1.41. The Balaban J connectivity index is 2.66. The van der Waals surface area contributed by atoms with Crippen molar-refractivity contribution < 1.29 is 9.90 Å². The van der Waals surface area contributed by atoms with Crippen LogP contribution in [0.4, 0.5) is 0 Å². The molecule has 1 rings (SSSR count). The first-order valence-electron chi connectivity index (χ1n) is 3.65. The van der Waals surface area contributed by atoms with Gasteiger partial charge < -0.3 is 10.8 Å². The lowest BCUT2D eigenvalue weighted by molar-refractivity contribution is -0.143. The summed E-state index contributed by atoms with van der Waals surface area (Å²) >= 11 is 0. The van der Waals surface area contributed by atoms with E-state index >= 15 is 0 Å². The lowest BCUT2D eigenvalue weighted by atomic mass is 10.00. The number of hydrogen-bond acceptors (Lipinski definition) is 3. The van der Waals surface area contributed by atoms with E-state index in [4.69, 9.17) is 16.4 Å². The molecule has 0 radical (unpaired) electrons. The molecule has 0 aromatic rings. The zero-order chi connectivity index (χ0) is 9.19. The Labute approximate surface area is 69.0 Å². The summed E-state index contributed by atoms with van der Waals surface area (Å²) in [6.45, 7) is 0. The van der Waals surface area contributed by atoms with Crippen molar-refractivity contribution in [3.8, 4) is 0 Å². The maximum Gasteiger partial charge on any atom is 0.323 e. The number of carboxylic acids is 1. The van der Waals surface area contributed by atoms with E-state index in [0.717, 1.165) is 0 Å². The van der Waals surface area contributed by atoms with E-state index in [-0.39, 0.29) is 12.5 Å². The van der Waals surface area contributed by atoms with Gasteiger partial charge in [0.25, 0.3) is 0 Å². The van der Waals surface area contributed by atoms with Crippen molar-refractivity contribution >= 4 is 5.97 Å². The molecule has 0 bridgehead atoms. The molecule has 12 heavy (non-hydrogen) atoms. The maximum absolute atomic E-state index is 10.6. The van der Waals surface area contributed by atoms with Gasteiger partial charge in [0.15, 0.2) is 0 Å². The minimum absolute atomic E-state index is 0.242. The number of carboxylic acid groups (broad SMARTS) is 1. The van der Waals surface area contributed by atoms with Gasteiger partial charge in [-0.3, -0.25) is 4.79 Å². The molecule has 1 aliphatic rings. The highest BCUT2D eigenvalue weighted by Crippen LogP contribution is 2.30. The summed E-state index contributed by atoms with van der Waals surface area (Å²) in [6, 6.07) is -0.254. The van der Waals surface area contributed by atoms with Gasteiger partial charge in [0.2, 0.25) is 0 Å². The second-order valence-corrected chi connectivity index (χ2v) is 3.06. The molecule has 0 unspecified atom stereocenters. The average molecular weight is 170 g/mol. The molecule has 66 valence electrons. The van der Waals surface area contributed by atoms with Gasteiger partial charge in [0.05, 0.1) is 0 Å². The Morgan fingerprint density at radius 1 is 1.83 bits per heavy atom. The molecule has 0 aliphatic heterocycles. The maximum atomic E-state index is 10.6. The van der Waals surface area contributed by atoms with Gasteiger partial charge in [-0.2, -0.15) is 0 Å². The fourth-order valence-corrected chi connectivity index (χ4v) is 1.41. The molecule has 1 fully saturated rings. The smallest absolute Gasteiger partial charge is 0.323 e. The third-order valence-electron chi connectivity index (χ3n) is 2.16. The minimum Gasteiger partial charge on any atom is -0.480 e. The molecule has 0 amide bonds. The summed E-state index contributed by atoms with van der Waals surface area (Å²) in [7, 11) is 0. The van der Waals surface area contributed by atoms with Crippen LogP contribution in [0, 0.1) is 0 Å². The minimum atomic E-state index is -1.18. The predicted octanol–water partition coefficient (Wildman–Crippen LogP) is 0.631. The standard InChI is InChI=1S/C6H10N4O2/c7-6(5(11)12)2-1-4(3-6)9-10-8/h4H,1-3,7H2,(H,11,12)/t4-,6-/m1/s1. The molecule has 0 heterocycles. The molecule has 3 N–H and O–H groups in total. The number of rotatable bonds is 2. The van der Waals surface area contributed by atoms with Crippen LogP contribution in [0.1, 0.15) is 19.3 Å². The van der Waals surface area contributed by atoms with Crippen LogP contribution in [0.25, 0.3) is 10.4 Å². The van der Waals surface area contributed by atoms with E-state index in [1.54, 1.807) is 0 Å². The summed E-state index contributed by atoms with van der Waals surface area (Å²) in [5.74, 6) is -1.02. The molecule has 6 heteroatoms. The Morgan fingerprint density at radius 3 is 2.92 bits per heavy atom. The molecule has 0 aromatic heterocycles. The Kier molecular flexibility index (Phi) is 2.21. The lowest BCUT2D eigenvalue weighted by Crippen LogP contribution is -2.45. The van der Waals surface area contributed by atoms with Gasteiger partial charge in [-0.1, -0.05) is 5.11 Å². The highest BCUT2D eigenvalue weighted by molar-refractivity contribution is 5.79. The van der Waals surface area contributed by atoms with Crippen molar-refractivity contribution in [2.75, 3.05) is 0 Å². The van der Waals surface area contributed by atoms with Crippen molar-refractivity contribution in [2.45, 2.75) is 30.8 Å². The van der Waals surface area contributed by atoms with Crippen molar-refractivity contribution in [3.05, 3.63) is 10.4 Å². The highest BCUT2D eigenvalue weighted by Gasteiger charge is 2.41. The van der Waals surface area contributed by atoms with Crippen LogP contribution in [0.5, 0.6) is 0 Å². The first-order valence-corrected chi connectivity index (χ1v) is 3.65. The summed E-state index contributed by atoms with van der Waals surface area (Å²) < 4.78 is 0. The van der Waals surface area contributed by atoms with Crippen LogP contribution in [-0.2, 0) is 4.79 Å². The molecule has 1 aliphatic carbocycles. The first-order chi connectivity index (χ1) is 5.58. The molecule has 0 saturated heterocycles. The summed E-state index contributed by atoms with van der Waals surface area (Å²) in [5.41, 5.74) is 12.5. The van der Waals surface area contributed by atoms with Crippen molar-refractivity contribution in [1.82, 2.24) is 0 Å². The summed E-state index contributed by atoms with van der Waals surface area (Å²) in [5, 5.41) is 12.1. The Morgan fingerprint density at radius 2 is 2.50 bits per heavy atom. The fraction of sp³-hybridized carbons (Fsp3) is 0.833. The zero-order valence-corrected chi connectivity index (χ0v) is 6.47. The number of aliphatic carboxylic acids is 1. The number of carbonyl (C=O) groups is 1. The second-order valence-electron chi connectivity index (χ2n) is 3.06. The molecule has 2 atom stereocenters. The number of azide groups is 1. The van der Waals surface area contributed by atoms with Crippen molar-refractivity contribution in [3.63, 3.8) is 0 Å². The normalized spacial score (nSPS) is 34.2. The van der Waals surface area contributed by atoms with Gasteiger partial charge in [-0.15, -0.1) is 0 Å². The van der Waals surface area contributed by atoms with Crippen molar-refractivity contribution in [2.24, 2.45) is 10.8 Å². The molecule has 0 spiro atoms. The highest BCUT2D eigenvalue weighted by atomic mass is 16.4. The lowest BCUT2D eigenvalue weighted by Gasteiger charge is -2.16. The van der Waals surface area contributed by atoms with E-state index in [2.05, 4.69) is 10.0 Å². The molecular formula is C6H10N4O2. The van der Waals surface area contributed by atoms with E-state index in [9.17, 15) is 4.79 Å². The molecule has 1 saturated carbocycles. The summed E-state index contributed by atoms with van der Waals surface area (Å²) in [4.78, 5) is 13.2. The van der Waals surface area contributed by atoms with Crippen LogP contribution in [0.15, 0.2) is 5.11 Å². The van der Waals surface area contributed by atoms with Crippen LogP contribution < -0.4 is 5.73 Å². The third-order valence-corrected chi connectivity index (χ3v) is 2.16. The molecular weight excluding hydrogens is 160 g/mol. The largest absolute Gasteiger partial charge is 0.480 e. The van der Waals surface area contributed by atoms with E-state index in [1.165, 1.54) is 0 Å². The van der Waals surface area contributed by atoms with E-state index in [1.807, 2.05) is 0 Å². The Bertz CT molecular complexity index is 248. The summed E-state index contributed by atoms with van der Waals surface area (Å²) in [6.07, 6.45) is 1.19. The first kappa shape index (κ1) is 8.83.